The van der Waals surface area contributed by atoms with Gasteiger partial charge in [-0.2, -0.15) is 0 Å². The SMILES string of the molecule is Cc1cccc(C)c1Nc1nc2cc(S(=O)(=O)Nc3ccc(C(=O)OC(C)C)cc3)ccc2[nH]1. The largest absolute Gasteiger partial charge is 0.459 e. The average molecular weight is 479 g/mol. The molecule has 0 saturated heterocycles. The van der Waals surface area contributed by atoms with Crippen molar-refractivity contribution in [2.45, 2.75) is 38.7 Å². The molecule has 3 N–H and O–H groups in total. The lowest BCUT2D eigenvalue weighted by molar-refractivity contribution is 0.0378. The lowest BCUT2D eigenvalue weighted by atomic mass is 10.1. The predicted octanol–water partition coefficient (Wildman–Crippen LogP) is 5.29. The number of imidazole rings is 1. The van der Waals surface area contributed by atoms with E-state index in [0.717, 1.165) is 16.8 Å². The Kier molecular flexibility index (Phi) is 6.30. The first-order valence-corrected chi connectivity index (χ1v) is 12.3. The number of anilines is 3. The number of fused-ring (bicyclic) bond motifs is 1. The second-order valence-corrected chi connectivity index (χ2v) is 9.98. The van der Waals surface area contributed by atoms with Crippen LogP contribution in [0.5, 0.6) is 0 Å². The smallest absolute Gasteiger partial charge is 0.338 e. The van der Waals surface area contributed by atoms with Crippen molar-refractivity contribution in [1.29, 1.82) is 0 Å². The molecular weight excluding hydrogens is 452 g/mol. The molecule has 0 aliphatic heterocycles. The monoisotopic (exact) mass is 478 g/mol. The maximum Gasteiger partial charge on any atom is 0.338 e. The Balaban J connectivity index is 1.54. The van der Waals surface area contributed by atoms with Crippen LogP contribution in [0.1, 0.15) is 35.3 Å². The summed E-state index contributed by atoms with van der Waals surface area (Å²) in [7, 11) is -3.86. The number of rotatable bonds is 7. The van der Waals surface area contributed by atoms with Crippen molar-refractivity contribution in [1.82, 2.24) is 9.97 Å². The van der Waals surface area contributed by atoms with Gasteiger partial charge in [0.05, 0.1) is 27.6 Å². The van der Waals surface area contributed by atoms with Crippen LogP contribution in [0.25, 0.3) is 11.0 Å². The van der Waals surface area contributed by atoms with Gasteiger partial charge in [0.25, 0.3) is 10.0 Å². The van der Waals surface area contributed by atoms with Gasteiger partial charge in [-0.3, -0.25) is 4.72 Å². The number of nitrogens with one attached hydrogen (secondary N) is 3. The Hall–Kier alpha value is -3.85. The fourth-order valence-electron chi connectivity index (χ4n) is 3.51. The van der Waals surface area contributed by atoms with Gasteiger partial charge in [0.15, 0.2) is 0 Å². The maximum absolute atomic E-state index is 12.9. The molecule has 0 amide bonds. The van der Waals surface area contributed by atoms with Crippen molar-refractivity contribution in [3.8, 4) is 0 Å². The van der Waals surface area contributed by atoms with E-state index in [4.69, 9.17) is 4.74 Å². The van der Waals surface area contributed by atoms with E-state index in [1.54, 1.807) is 19.9 Å². The van der Waals surface area contributed by atoms with Crippen LogP contribution in [0.4, 0.5) is 17.3 Å². The third-order valence-corrected chi connectivity index (χ3v) is 6.58. The zero-order chi connectivity index (χ0) is 24.5. The van der Waals surface area contributed by atoms with Crippen LogP contribution in [0, 0.1) is 13.8 Å². The minimum atomic E-state index is -3.86. The average Bonchev–Trinajstić information content (AvgIpc) is 3.18. The molecule has 0 radical (unpaired) electrons. The number of hydrogen-bond acceptors (Lipinski definition) is 6. The number of nitrogens with zero attached hydrogens (tertiary/aromatic N) is 1. The summed E-state index contributed by atoms with van der Waals surface area (Å²) in [6, 6.07) is 16.8. The minimum absolute atomic E-state index is 0.0772. The summed E-state index contributed by atoms with van der Waals surface area (Å²) in [5.41, 5.74) is 5.02. The lowest BCUT2D eigenvalue weighted by Gasteiger charge is -2.10. The first kappa shape index (κ1) is 23.3. The summed E-state index contributed by atoms with van der Waals surface area (Å²) in [6.07, 6.45) is -0.237. The molecule has 0 aliphatic carbocycles. The van der Waals surface area contributed by atoms with Gasteiger partial charge in [-0.1, -0.05) is 18.2 Å². The molecule has 3 aromatic carbocycles. The molecule has 9 heteroatoms. The first-order valence-electron chi connectivity index (χ1n) is 10.8. The number of hydrogen-bond donors (Lipinski definition) is 3. The van der Waals surface area contributed by atoms with E-state index < -0.39 is 16.0 Å². The van der Waals surface area contributed by atoms with Crippen LogP contribution in [0.2, 0.25) is 0 Å². The molecule has 4 aromatic rings. The lowest BCUT2D eigenvalue weighted by Crippen LogP contribution is -2.14. The van der Waals surface area contributed by atoms with Gasteiger partial charge in [0.1, 0.15) is 0 Å². The van der Waals surface area contributed by atoms with Crippen LogP contribution in [-0.2, 0) is 14.8 Å². The van der Waals surface area contributed by atoms with Crippen molar-refractivity contribution in [2.75, 3.05) is 10.0 Å². The number of carbonyl (C=O) groups is 1. The molecule has 1 aromatic heterocycles. The van der Waals surface area contributed by atoms with Gasteiger partial charge in [0, 0.05) is 11.4 Å². The summed E-state index contributed by atoms with van der Waals surface area (Å²) in [5.74, 6) is 0.0671. The molecule has 0 saturated carbocycles. The van der Waals surface area contributed by atoms with Gasteiger partial charge in [0.2, 0.25) is 5.95 Å². The Bertz CT molecular complexity index is 1440. The second kappa shape index (κ2) is 9.18. The molecule has 176 valence electrons. The Morgan fingerprint density at radius 1 is 1.00 bits per heavy atom. The van der Waals surface area contributed by atoms with E-state index in [1.165, 1.54) is 36.4 Å². The first-order chi connectivity index (χ1) is 16.1. The number of benzene rings is 3. The van der Waals surface area contributed by atoms with Crippen LogP contribution in [0.15, 0.2) is 65.6 Å². The molecule has 0 bridgehead atoms. The number of aromatic amines is 1. The van der Waals surface area contributed by atoms with Crippen LogP contribution in [0.3, 0.4) is 0 Å². The Morgan fingerprint density at radius 3 is 2.32 bits per heavy atom. The maximum atomic E-state index is 12.9. The van der Waals surface area contributed by atoms with Crippen molar-refractivity contribution in [2.24, 2.45) is 0 Å². The van der Waals surface area contributed by atoms with E-state index in [-0.39, 0.29) is 11.0 Å². The zero-order valence-corrected chi connectivity index (χ0v) is 20.2. The minimum Gasteiger partial charge on any atom is -0.459 e. The quantitative estimate of drug-likeness (QED) is 0.311. The summed E-state index contributed by atoms with van der Waals surface area (Å²) in [5, 5.41) is 3.28. The second-order valence-electron chi connectivity index (χ2n) is 8.29. The van der Waals surface area contributed by atoms with E-state index in [1.807, 2.05) is 32.0 Å². The standard InChI is InChI=1S/C25H26N4O4S/c1-15(2)33-24(30)18-8-10-19(11-9-18)29-34(31,32)20-12-13-21-22(14-20)27-25(26-21)28-23-16(3)6-5-7-17(23)4/h5-15,29H,1-4H3,(H2,26,27,28). The van der Waals surface area contributed by atoms with E-state index >= 15 is 0 Å². The fraction of sp³-hybridized carbons (Fsp3) is 0.200. The highest BCUT2D eigenvalue weighted by Gasteiger charge is 2.17. The number of sulfonamides is 1. The van der Waals surface area contributed by atoms with Crippen molar-refractivity contribution in [3.63, 3.8) is 0 Å². The molecule has 8 nitrogen and oxygen atoms in total. The van der Waals surface area contributed by atoms with E-state index in [9.17, 15) is 13.2 Å². The third kappa shape index (κ3) is 5.04. The van der Waals surface area contributed by atoms with Crippen molar-refractivity contribution < 1.29 is 17.9 Å². The van der Waals surface area contributed by atoms with Gasteiger partial charge in [-0.15, -0.1) is 0 Å². The summed E-state index contributed by atoms with van der Waals surface area (Å²) in [6.45, 7) is 7.54. The summed E-state index contributed by atoms with van der Waals surface area (Å²) in [4.78, 5) is 19.7. The third-order valence-electron chi connectivity index (χ3n) is 5.20. The highest BCUT2D eigenvalue weighted by molar-refractivity contribution is 7.92. The summed E-state index contributed by atoms with van der Waals surface area (Å²) < 4.78 is 33.6. The van der Waals surface area contributed by atoms with Crippen LogP contribution < -0.4 is 10.0 Å². The molecule has 0 spiro atoms. The molecule has 34 heavy (non-hydrogen) atoms. The molecule has 0 atom stereocenters. The Morgan fingerprint density at radius 2 is 1.68 bits per heavy atom. The molecule has 0 aliphatic rings. The van der Waals surface area contributed by atoms with Gasteiger partial charge in [-0.05, 0) is 81.3 Å². The van der Waals surface area contributed by atoms with E-state index in [0.29, 0.717) is 28.2 Å². The van der Waals surface area contributed by atoms with Crippen LogP contribution in [-0.4, -0.2) is 30.5 Å². The number of H-pyrrole nitrogens is 1. The normalized spacial score (nSPS) is 11.6. The van der Waals surface area contributed by atoms with Gasteiger partial charge < -0.3 is 15.0 Å². The number of aromatic nitrogens is 2. The number of aryl methyl sites for hydroxylation is 2. The number of esters is 1. The van der Waals surface area contributed by atoms with Crippen LogP contribution >= 0.6 is 0 Å². The summed E-state index contributed by atoms with van der Waals surface area (Å²) >= 11 is 0. The van der Waals surface area contributed by atoms with Gasteiger partial charge >= 0.3 is 5.97 Å². The predicted molar refractivity (Wildman–Crippen MR) is 133 cm³/mol. The van der Waals surface area contributed by atoms with Crippen molar-refractivity contribution in [3.05, 3.63) is 77.4 Å². The van der Waals surface area contributed by atoms with Gasteiger partial charge in [-0.25, -0.2) is 18.2 Å². The zero-order valence-electron chi connectivity index (χ0n) is 19.3. The molecule has 0 unspecified atom stereocenters. The highest BCUT2D eigenvalue weighted by Crippen LogP contribution is 2.26. The topological polar surface area (TPSA) is 113 Å². The number of carbonyl (C=O) groups excluding carboxylic acids is 1. The highest BCUT2D eigenvalue weighted by atomic mass is 32.2. The Labute approximate surface area is 198 Å². The number of ether oxygens (including phenoxy) is 1. The van der Waals surface area contributed by atoms with Crippen molar-refractivity contribution >= 4 is 44.3 Å². The molecular formula is C25H26N4O4S. The fourth-order valence-corrected chi connectivity index (χ4v) is 4.59. The molecule has 4 rings (SSSR count). The number of para-hydroxylation sites is 1. The molecule has 1 heterocycles. The van der Waals surface area contributed by atoms with E-state index in [2.05, 4.69) is 20.0 Å². The molecule has 0 fully saturated rings.